The molecular formula is C15H21ClN2O4S. The normalized spacial score (nSPS) is 16.4. The Morgan fingerprint density at radius 1 is 1.26 bits per heavy atom. The summed E-state index contributed by atoms with van der Waals surface area (Å²) in [4.78, 5) is 14.1. The number of carbonyl (C=O) groups is 1. The highest BCUT2D eigenvalue weighted by Crippen LogP contribution is 2.28. The second-order valence-corrected chi connectivity index (χ2v) is 8.02. The zero-order valence-corrected chi connectivity index (χ0v) is 15.1. The van der Waals surface area contributed by atoms with E-state index in [1.54, 1.807) is 18.1 Å². The lowest BCUT2D eigenvalue weighted by Crippen LogP contribution is -2.50. The van der Waals surface area contributed by atoms with Crippen LogP contribution >= 0.6 is 11.6 Å². The predicted molar refractivity (Wildman–Crippen MR) is 89.4 cm³/mol. The number of ether oxygens (including phenoxy) is 1. The minimum atomic E-state index is -3.19. The van der Waals surface area contributed by atoms with Gasteiger partial charge in [0.2, 0.25) is 15.9 Å². The number of piperazine rings is 1. The van der Waals surface area contributed by atoms with E-state index in [2.05, 4.69) is 0 Å². The first kappa shape index (κ1) is 18.0. The topological polar surface area (TPSA) is 66.9 Å². The standard InChI is InChI=1S/C15H21ClN2O4S/c1-11-8-14(22-2)13(16)9-12(11)10-15(19)17-4-6-18(7-5-17)23(3,20)21/h8-9H,4-7,10H2,1-3H3. The Bertz CT molecular complexity index is 698. The fraction of sp³-hybridized carbons (Fsp3) is 0.533. The van der Waals surface area contributed by atoms with Gasteiger partial charge in [-0.15, -0.1) is 0 Å². The number of rotatable bonds is 4. The molecule has 0 spiro atoms. The van der Waals surface area contributed by atoms with Crippen molar-refractivity contribution in [2.24, 2.45) is 0 Å². The van der Waals surface area contributed by atoms with Crippen molar-refractivity contribution in [3.8, 4) is 5.75 Å². The maximum absolute atomic E-state index is 12.4. The number of benzene rings is 1. The van der Waals surface area contributed by atoms with Crippen molar-refractivity contribution in [2.75, 3.05) is 39.5 Å². The zero-order valence-electron chi connectivity index (χ0n) is 13.5. The molecule has 1 heterocycles. The molecule has 1 aromatic rings. The second-order valence-electron chi connectivity index (χ2n) is 5.63. The van der Waals surface area contributed by atoms with Gasteiger partial charge in [0, 0.05) is 26.2 Å². The summed E-state index contributed by atoms with van der Waals surface area (Å²) in [7, 11) is -1.64. The van der Waals surface area contributed by atoms with Gasteiger partial charge in [-0.25, -0.2) is 8.42 Å². The first-order valence-electron chi connectivity index (χ1n) is 7.28. The van der Waals surface area contributed by atoms with Gasteiger partial charge in [-0.05, 0) is 30.2 Å². The van der Waals surface area contributed by atoms with E-state index >= 15 is 0 Å². The van der Waals surface area contributed by atoms with Crippen LogP contribution in [0.3, 0.4) is 0 Å². The second kappa shape index (κ2) is 7.07. The van der Waals surface area contributed by atoms with E-state index in [0.29, 0.717) is 37.0 Å². The van der Waals surface area contributed by atoms with Gasteiger partial charge in [-0.1, -0.05) is 11.6 Å². The van der Waals surface area contributed by atoms with Crippen LogP contribution in [0.5, 0.6) is 5.75 Å². The van der Waals surface area contributed by atoms with Crippen molar-refractivity contribution in [2.45, 2.75) is 13.3 Å². The molecular weight excluding hydrogens is 340 g/mol. The molecule has 0 saturated carbocycles. The molecule has 0 bridgehead atoms. The van der Waals surface area contributed by atoms with E-state index in [1.165, 1.54) is 10.6 Å². The molecule has 0 unspecified atom stereocenters. The smallest absolute Gasteiger partial charge is 0.227 e. The summed E-state index contributed by atoms with van der Waals surface area (Å²) in [5, 5.41) is 0.475. The Labute approximate surface area is 142 Å². The van der Waals surface area contributed by atoms with Gasteiger partial charge >= 0.3 is 0 Å². The van der Waals surface area contributed by atoms with Gasteiger partial charge in [0.05, 0.1) is 24.8 Å². The highest BCUT2D eigenvalue weighted by atomic mass is 35.5. The Morgan fingerprint density at radius 3 is 2.39 bits per heavy atom. The maximum atomic E-state index is 12.4. The van der Waals surface area contributed by atoms with E-state index in [4.69, 9.17) is 16.3 Å². The number of aryl methyl sites for hydroxylation is 1. The summed E-state index contributed by atoms with van der Waals surface area (Å²) in [6.07, 6.45) is 1.43. The molecule has 1 amide bonds. The molecule has 1 fully saturated rings. The molecule has 0 N–H and O–H groups in total. The average molecular weight is 361 g/mol. The van der Waals surface area contributed by atoms with E-state index in [-0.39, 0.29) is 12.3 Å². The molecule has 23 heavy (non-hydrogen) atoms. The van der Waals surface area contributed by atoms with Crippen LogP contribution in [-0.2, 0) is 21.2 Å². The van der Waals surface area contributed by atoms with Gasteiger partial charge < -0.3 is 9.64 Å². The number of sulfonamides is 1. The van der Waals surface area contributed by atoms with Gasteiger partial charge in [-0.2, -0.15) is 4.31 Å². The summed E-state index contributed by atoms with van der Waals surface area (Å²) < 4.78 is 29.5. The van der Waals surface area contributed by atoms with Crippen LogP contribution in [0.2, 0.25) is 5.02 Å². The molecule has 0 radical (unpaired) electrons. The molecule has 0 aromatic heterocycles. The van der Waals surface area contributed by atoms with Gasteiger partial charge in [-0.3, -0.25) is 4.79 Å². The van der Waals surface area contributed by atoms with Crippen molar-refractivity contribution >= 4 is 27.5 Å². The molecule has 1 aliphatic heterocycles. The number of hydrogen-bond acceptors (Lipinski definition) is 4. The van der Waals surface area contributed by atoms with E-state index < -0.39 is 10.0 Å². The van der Waals surface area contributed by atoms with Crippen molar-refractivity contribution in [3.05, 3.63) is 28.3 Å². The lowest BCUT2D eigenvalue weighted by molar-refractivity contribution is -0.131. The number of nitrogens with zero attached hydrogens (tertiary/aromatic N) is 2. The molecule has 0 aliphatic carbocycles. The Morgan fingerprint density at radius 2 is 1.87 bits per heavy atom. The quantitative estimate of drug-likeness (QED) is 0.811. The number of methoxy groups -OCH3 is 1. The summed E-state index contributed by atoms with van der Waals surface area (Å²) in [6.45, 7) is 3.41. The van der Waals surface area contributed by atoms with Crippen LogP contribution in [0.4, 0.5) is 0 Å². The first-order valence-corrected chi connectivity index (χ1v) is 9.51. The molecule has 6 nitrogen and oxygen atoms in total. The van der Waals surface area contributed by atoms with Crippen LogP contribution in [0, 0.1) is 6.92 Å². The largest absolute Gasteiger partial charge is 0.495 e. The minimum absolute atomic E-state index is 0.0255. The Kier molecular flexibility index (Phi) is 5.54. The van der Waals surface area contributed by atoms with E-state index in [1.807, 2.05) is 13.0 Å². The van der Waals surface area contributed by atoms with Crippen molar-refractivity contribution < 1.29 is 17.9 Å². The molecule has 0 atom stereocenters. The molecule has 1 aliphatic rings. The van der Waals surface area contributed by atoms with Crippen molar-refractivity contribution in [1.29, 1.82) is 0 Å². The lowest BCUT2D eigenvalue weighted by atomic mass is 10.0. The van der Waals surface area contributed by atoms with Crippen LogP contribution in [0.15, 0.2) is 12.1 Å². The number of carbonyl (C=O) groups excluding carboxylic acids is 1. The monoisotopic (exact) mass is 360 g/mol. The molecule has 1 aromatic carbocycles. The van der Waals surface area contributed by atoms with Crippen LogP contribution in [0.1, 0.15) is 11.1 Å². The van der Waals surface area contributed by atoms with Crippen LogP contribution in [0.25, 0.3) is 0 Å². The van der Waals surface area contributed by atoms with Crippen molar-refractivity contribution in [1.82, 2.24) is 9.21 Å². The molecule has 1 saturated heterocycles. The summed E-state index contributed by atoms with van der Waals surface area (Å²) in [5.41, 5.74) is 1.79. The van der Waals surface area contributed by atoms with Gasteiger partial charge in [0.1, 0.15) is 5.75 Å². The SMILES string of the molecule is COc1cc(C)c(CC(=O)N2CCN(S(C)(=O)=O)CC2)cc1Cl. The van der Waals surface area contributed by atoms with Crippen LogP contribution < -0.4 is 4.74 Å². The fourth-order valence-electron chi connectivity index (χ4n) is 2.59. The third-order valence-corrected chi connectivity index (χ3v) is 5.61. The fourth-order valence-corrected chi connectivity index (χ4v) is 3.68. The number of hydrogen-bond donors (Lipinski definition) is 0. The summed E-state index contributed by atoms with van der Waals surface area (Å²) in [5.74, 6) is 0.560. The lowest BCUT2D eigenvalue weighted by Gasteiger charge is -2.33. The molecule has 2 rings (SSSR count). The van der Waals surface area contributed by atoms with E-state index in [0.717, 1.165) is 11.1 Å². The predicted octanol–water partition coefficient (Wildman–Crippen LogP) is 1.30. The zero-order chi connectivity index (χ0) is 17.2. The van der Waals surface area contributed by atoms with E-state index in [9.17, 15) is 13.2 Å². The Balaban J connectivity index is 2.02. The number of halogens is 1. The summed E-state index contributed by atoms with van der Waals surface area (Å²) >= 11 is 6.12. The molecule has 8 heteroatoms. The number of amides is 1. The third kappa shape index (κ3) is 4.37. The highest BCUT2D eigenvalue weighted by molar-refractivity contribution is 7.88. The highest BCUT2D eigenvalue weighted by Gasteiger charge is 2.26. The van der Waals surface area contributed by atoms with Gasteiger partial charge in [0.25, 0.3) is 0 Å². The van der Waals surface area contributed by atoms with Crippen LogP contribution in [-0.4, -0.2) is 63.1 Å². The minimum Gasteiger partial charge on any atom is -0.495 e. The average Bonchev–Trinajstić information content (AvgIpc) is 2.49. The summed E-state index contributed by atoms with van der Waals surface area (Å²) in [6, 6.07) is 3.56. The molecule has 128 valence electrons. The van der Waals surface area contributed by atoms with Crippen molar-refractivity contribution in [3.63, 3.8) is 0 Å². The van der Waals surface area contributed by atoms with Gasteiger partial charge in [0.15, 0.2) is 0 Å². The maximum Gasteiger partial charge on any atom is 0.227 e. The Hall–Kier alpha value is -1.31. The first-order chi connectivity index (χ1) is 10.7. The third-order valence-electron chi connectivity index (χ3n) is 4.01.